The van der Waals surface area contributed by atoms with E-state index in [4.69, 9.17) is 10.8 Å². The smallest absolute Gasteiger partial charge is 0.307 e. The van der Waals surface area contributed by atoms with Crippen molar-refractivity contribution in [3.8, 4) is 0 Å². The van der Waals surface area contributed by atoms with Gasteiger partial charge in [-0.25, -0.2) is 0 Å². The molecule has 0 radical (unpaired) electrons. The highest BCUT2D eigenvalue weighted by Gasteiger charge is 2.21. The van der Waals surface area contributed by atoms with Crippen LogP contribution in [0.15, 0.2) is 47.4 Å². The van der Waals surface area contributed by atoms with Gasteiger partial charge in [-0.3, -0.25) is 9.59 Å². The zero-order valence-electron chi connectivity index (χ0n) is 13.8. The van der Waals surface area contributed by atoms with Crippen molar-refractivity contribution in [3.05, 3.63) is 64.7 Å². The number of hydrogen-bond acceptors (Lipinski definition) is 4. The Labute approximate surface area is 146 Å². The van der Waals surface area contributed by atoms with Crippen molar-refractivity contribution >= 4 is 23.5 Å². The number of thioether (sulfide) groups is 1. The molecule has 5 heteroatoms. The summed E-state index contributed by atoms with van der Waals surface area (Å²) in [6, 6.07) is 13.2. The van der Waals surface area contributed by atoms with E-state index >= 15 is 0 Å². The van der Waals surface area contributed by atoms with Gasteiger partial charge in [-0.2, -0.15) is 0 Å². The Morgan fingerprint density at radius 1 is 1.21 bits per heavy atom. The first-order valence-corrected chi connectivity index (χ1v) is 8.72. The minimum Gasteiger partial charge on any atom is -0.481 e. The first kappa shape index (κ1) is 18.2. The molecule has 0 bridgehead atoms. The second-order valence-corrected chi connectivity index (χ2v) is 6.94. The van der Waals surface area contributed by atoms with Crippen LogP contribution in [0, 0.1) is 0 Å². The molecule has 0 saturated carbocycles. The van der Waals surface area contributed by atoms with Crippen molar-refractivity contribution in [2.45, 2.75) is 37.0 Å². The molecule has 126 valence electrons. The summed E-state index contributed by atoms with van der Waals surface area (Å²) >= 11 is 1.58. The second kappa shape index (κ2) is 8.13. The summed E-state index contributed by atoms with van der Waals surface area (Å²) in [6.07, 6.45) is -0.0189. The van der Waals surface area contributed by atoms with E-state index < -0.39 is 5.97 Å². The number of nitrogens with two attached hydrogens (primary N) is 1. The SMILES string of the molecule is CC(C)N.O=C(O)Cc1ccc2c(c1)SCc1ccccc1C2=O. The molecule has 0 aromatic heterocycles. The summed E-state index contributed by atoms with van der Waals surface area (Å²) in [5, 5.41) is 8.85. The molecule has 0 unspecified atom stereocenters. The third-order valence-electron chi connectivity index (χ3n) is 3.29. The largest absolute Gasteiger partial charge is 0.481 e. The van der Waals surface area contributed by atoms with Crippen molar-refractivity contribution in [2.75, 3.05) is 0 Å². The molecular weight excluding hydrogens is 322 g/mol. The second-order valence-electron chi connectivity index (χ2n) is 5.92. The Bertz CT molecular complexity index is 753. The average molecular weight is 343 g/mol. The number of fused-ring (bicyclic) bond motifs is 2. The highest BCUT2D eigenvalue weighted by atomic mass is 32.2. The van der Waals surface area contributed by atoms with E-state index in [2.05, 4.69) is 0 Å². The molecule has 24 heavy (non-hydrogen) atoms. The van der Waals surface area contributed by atoms with Crippen molar-refractivity contribution in [2.24, 2.45) is 5.73 Å². The average Bonchev–Trinajstić information content (AvgIpc) is 2.64. The van der Waals surface area contributed by atoms with Gasteiger partial charge < -0.3 is 10.8 Å². The minimum absolute atomic E-state index is 0.0162. The molecule has 3 rings (SSSR count). The number of carboxylic acid groups (broad SMARTS) is 1. The van der Waals surface area contributed by atoms with Crippen molar-refractivity contribution in [1.82, 2.24) is 0 Å². The summed E-state index contributed by atoms with van der Waals surface area (Å²) in [7, 11) is 0. The van der Waals surface area contributed by atoms with Gasteiger partial charge in [-0.15, -0.1) is 11.8 Å². The van der Waals surface area contributed by atoms with Crippen LogP contribution in [0.1, 0.15) is 40.9 Å². The van der Waals surface area contributed by atoms with Gasteiger partial charge in [0.05, 0.1) is 6.42 Å². The van der Waals surface area contributed by atoms with Crippen LogP contribution in [-0.4, -0.2) is 22.9 Å². The lowest BCUT2D eigenvalue weighted by atomic mass is 9.98. The van der Waals surface area contributed by atoms with E-state index in [1.807, 2.05) is 44.2 Å². The molecule has 0 amide bonds. The van der Waals surface area contributed by atoms with Crippen LogP contribution in [0.2, 0.25) is 0 Å². The first-order chi connectivity index (χ1) is 11.4. The molecule has 1 heterocycles. The van der Waals surface area contributed by atoms with Crippen LogP contribution in [0.3, 0.4) is 0 Å². The third kappa shape index (κ3) is 4.69. The fraction of sp³-hybridized carbons (Fsp3) is 0.263. The van der Waals surface area contributed by atoms with E-state index in [0.29, 0.717) is 11.6 Å². The summed E-state index contributed by atoms with van der Waals surface area (Å²) in [6.45, 7) is 3.89. The van der Waals surface area contributed by atoms with E-state index in [1.165, 1.54) is 0 Å². The summed E-state index contributed by atoms with van der Waals surface area (Å²) < 4.78 is 0. The molecule has 1 aliphatic heterocycles. The Hall–Kier alpha value is -2.11. The number of benzene rings is 2. The molecule has 4 nitrogen and oxygen atoms in total. The fourth-order valence-corrected chi connectivity index (χ4v) is 3.44. The maximum atomic E-state index is 12.5. The molecular formula is C19H21NO3S. The zero-order valence-corrected chi connectivity index (χ0v) is 14.6. The van der Waals surface area contributed by atoms with Gasteiger partial charge in [-0.1, -0.05) is 44.2 Å². The van der Waals surface area contributed by atoms with Gasteiger partial charge in [0.1, 0.15) is 0 Å². The number of ketones is 1. The molecule has 3 N–H and O–H groups in total. The van der Waals surface area contributed by atoms with Gasteiger partial charge in [0.25, 0.3) is 0 Å². The number of hydrogen-bond donors (Lipinski definition) is 2. The maximum Gasteiger partial charge on any atom is 0.307 e. The van der Waals surface area contributed by atoms with Gasteiger partial charge in [0, 0.05) is 21.8 Å². The molecule has 1 aliphatic rings. The maximum absolute atomic E-state index is 12.5. The van der Waals surface area contributed by atoms with Crippen LogP contribution < -0.4 is 5.73 Å². The van der Waals surface area contributed by atoms with Crippen LogP contribution >= 0.6 is 11.8 Å². The number of aliphatic carboxylic acids is 1. The highest BCUT2D eigenvalue weighted by Crippen LogP contribution is 2.34. The van der Waals surface area contributed by atoms with Gasteiger partial charge in [0.15, 0.2) is 5.78 Å². The van der Waals surface area contributed by atoms with Crippen molar-refractivity contribution < 1.29 is 14.7 Å². The number of carbonyl (C=O) groups excluding carboxylic acids is 1. The lowest BCUT2D eigenvalue weighted by Crippen LogP contribution is -2.06. The van der Waals surface area contributed by atoms with Crippen molar-refractivity contribution in [3.63, 3.8) is 0 Å². The quantitative estimate of drug-likeness (QED) is 0.872. The fourth-order valence-electron chi connectivity index (χ4n) is 2.33. The monoisotopic (exact) mass is 343 g/mol. The summed E-state index contributed by atoms with van der Waals surface area (Å²) in [5.41, 5.74) is 8.26. The van der Waals surface area contributed by atoms with Crippen LogP contribution in [0.4, 0.5) is 0 Å². The van der Waals surface area contributed by atoms with Crippen LogP contribution in [-0.2, 0) is 17.0 Å². The molecule has 0 aliphatic carbocycles. The van der Waals surface area contributed by atoms with Gasteiger partial charge >= 0.3 is 5.97 Å². The lowest BCUT2D eigenvalue weighted by Gasteiger charge is -2.06. The Morgan fingerprint density at radius 2 is 1.88 bits per heavy atom. The van der Waals surface area contributed by atoms with E-state index in [9.17, 15) is 9.59 Å². The molecule has 0 spiro atoms. The summed E-state index contributed by atoms with van der Waals surface area (Å²) in [5.74, 6) is -0.119. The zero-order chi connectivity index (χ0) is 17.7. The number of carboxylic acids is 1. The van der Waals surface area contributed by atoms with E-state index in [0.717, 1.165) is 27.3 Å². The van der Waals surface area contributed by atoms with E-state index in [-0.39, 0.29) is 12.2 Å². The van der Waals surface area contributed by atoms with Gasteiger partial charge in [-0.05, 0) is 29.3 Å². The van der Waals surface area contributed by atoms with Crippen LogP contribution in [0.5, 0.6) is 0 Å². The molecule has 0 fully saturated rings. The lowest BCUT2D eigenvalue weighted by molar-refractivity contribution is -0.136. The first-order valence-electron chi connectivity index (χ1n) is 7.74. The van der Waals surface area contributed by atoms with Crippen LogP contribution in [0.25, 0.3) is 0 Å². The topological polar surface area (TPSA) is 80.4 Å². The Morgan fingerprint density at radius 3 is 2.54 bits per heavy atom. The minimum atomic E-state index is -0.863. The molecule has 0 atom stereocenters. The summed E-state index contributed by atoms with van der Waals surface area (Å²) in [4.78, 5) is 24.2. The molecule has 2 aromatic carbocycles. The van der Waals surface area contributed by atoms with Gasteiger partial charge in [0.2, 0.25) is 0 Å². The predicted octanol–water partition coefficient (Wildman–Crippen LogP) is 3.50. The van der Waals surface area contributed by atoms with Crippen molar-refractivity contribution in [1.29, 1.82) is 0 Å². The number of carbonyl (C=O) groups is 2. The Balaban J connectivity index is 0.000000471. The predicted molar refractivity (Wildman–Crippen MR) is 96.5 cm³/mol. The molecule has 0 saturated heterocycles. The standard InChI is InChI=1S/C16H12O3S.C3H9N/c17-15(18)8-10-5-6-13-14(7-10)20-9-11-3-1-2-4-12(11)16(13)19;1-3(2)4/h1-7H,8-9H2,(H,17,18);3H,4H2,1-2H3. The molecule has 2 aromatic rings. The highest BCUT2D eigenvalue weighted by molar-refractivity contribution is 7.98. The third-order valence-corrected chi connectivity index (χ3v) is 4.40. The number of rotatable bonds is 2. The Kier molecular flexibility index (Phi) is 6.17. The van der Waals surface area contributed by atoms with E-state index in [1.54, 1.807) is 23.9 Å². The normalized spacial score (nSPS) is 12.6.